The van der Waals surface area contributed by atoms with Crippen LogP contribution < -0.4 is 5.32 Å². The predicted octanol–water partition coefficient (Wildman–Crippen LogP) is 2.13. The summed E-state index contributed by atoms with van der Waals surface area (Å²) in [6, 6.07) is 7.66. The number of benzene rings is 1. The van der Waals surface area contributed by atoms with E-state index >= 15 is 0 Å². The summed E-state index contributed by atoms with van der Waals surface area (Å²) in [7, 11) is 0. The number of hydrogen-bond acceptors (Lipinski definition) is 4. The summed E-state index contributed by atoms with van der Waals surface area (Å²) in [6.07, 6.45) is 1.39. The molecule has 0 aliphatic heterocycles. The van der Waals surface area contributed by atoms with Gasteiger partial charge in [-0.15, -0.1) is 0 Å². The first-order valence-corrected chi connectivity index (χ1v) is 7.88. The fourth-order valence-corrected chi connectivity index (χ4v) is 3.76. The summed E-state index contributed by atoms with van der Waals surface area (Å²) < 4.78 is 1.45. The summed E-state index contributed by atoms with van der Waals surface area (Å²) in [5.74, 6) is -0.297. The van der Waals surface area contributed by atoms with Gasteiger partial charge in [0, 0.05) is 0 Å². The molecule has 5 heteroatoms. The first-order valence-electron chi connectivity index (χ1n) is 6.16. The maximum atomic E-state index is 12.3. The van der Waals surface area contributed by atoms with Crippen LogP contribution in [0.4, 0.5) is 5.69 Å². The van der Waals surface area contributed by atoms with Gasteiger partial charge in [-0.2, -0.15) is 0 Å². The predicted molar refractivity (Wildman–Crippen MR) is 77.5 cm³/mol. The van der Waals surface area contributed by atoms with Crippen LogP contribution in [0.15, 0.2) is 36.0 Å². The number of nitrogens with zero attached hydrogens (tertiary/aromatic N) is 1. The third-order valence-electron chi connectivity index (χ3n) is 3.02. The minimum atomic E-state index is -0.195. The van der Waals surface area contributed by atoms with E-state index in [0.717, 1.165) is 15.8 Å². The van der Waals surface area contributed by atoms with Gasteiger partial charge in [0.05, 0.1) is 0 Å². The average molecular weight is 331 g/mol. The molecule has 2 aromatic rings. The van der Waals surface area contributed by atoms with Crippen molar-refractivity contribution in [2.45, 2.75) is 13.8 Å². The standard InChI is InChI=1S/C15H12N2O2Se/c1-8-3-5-10(6-4-8)17-11-7-12(18)15-13(14(11)19)16-9(2)20-15/h3-7,17H,1-2H3. The normalized spacial score (nSPS) is 14.0. The minimum absolute atomic E-state index is 0.102. The molecule has 1 aliphatic rings. The molecule has 100 valence electrons. The Balaban J connectivity index is 1.93. The molecule has 1 aromatic carbocycles. The Hall–Kier alpha value is -1.97. The van der Waals surface area contributed by atoms with Gasteiger partial charge in [0.15, 0.2) is 0 Å². The number of hydrogen-bond donors (Lipinski definition) is 1. The van der Waals surface area contributed by atoms with Gasteiger partial charge in [-0.3, -0.25) is 0 Å². The third-order valence-corrected chi connectivity index (χ3v) is 5.09. The molecule has 4 nitrogen and oxygen atoms in total. The molecule has 0 bridgehead atoms. The van der Waals surface area contributed by atoms with Crippen molar-refractivity contribution in [3.05, 3.63) is 56.3 Å². The van der Waals surface area contributed by atoms with Gasteiger partial charge in [-0.25, -0.2) is 0 Å². The second-order valence-electron chi connectivity index (χ2n) is 4.65. The van der Waals surface area contributed by atoms with Crippen LogP contribution in [0.1, 0.15) is 29.9 Å². The van der Waals surface area contributed by atoms with Gasteiger partial charge in [-0.05, 0) is 0 Å². The van der Waals surface area contributed by atoms with E-state index in [4.69, 9.17) is 0 Å². The van der Waals surface area contributed by atoms with Crippen LogP contribution in [0.3, 0.4) is 0 Å². The molecule has 1 aromatic heterocycles. The number of anilines is 1. The van der Waals surface area contributed by atoms with Crippen LogP contribution in [0.2, 0.25) is 0 Å². The Kier molecular flexibility index (Phi) is 3.16. The van der Waals surface area contributed by atoms with Gasteiger partial charge in [0.2, 0.25) is 0 Å². The molecule has 0 spiro atoms. The maximum absolute atomic E-state index is 12.3. The molecule has 0 atom stereocenters. The number of ketones is 2. The molecule has 0 saturated heterocycles. The topological polar surface area (TPSA) is 59.1 Å². The Morgan fingerprint density at radius 3 is 2.50 bits per heavy atom. The Bertz CT molecular complexity index is 742. The van der Waals surface area contributed by atoms with Crippen LogP contribution in [0.25, 0.3) is 0 Å². The van der Waals surface area contributed by atoms with E-state index < -0.39 is 0 Å². The van der Waals surface area contributed by atoms with Crippen molar-refractivity contribution < 1.29 is 9.59 Å². The van der Waals surface area contributed by atoms with E-state index in [2.05, 4.69) is 10.3 Å². The molecule has 3 rings (SSSR count). The second kappa shape index (κ2) is 4.85. The van der Waals surface area contributed by atoms with Gasteiger partial charge in [0.25, 0.3) is 0 Å². The van der Waals surface area contributed by atoms with Crippen LogP contribution in [-0.4, -0.2) is 31.1 Å². The molecule has 0 fully saturated rings. The molecular formula is C15H12N2O2Se. The number of allylic oxidation sites excluding steroid dienone is 2. The Labute approximate surface area is 122 Å². The van der Waals surface area contributed by atoms with Gasteiger partial charge >= 0.3 is 122 Å². The van der Waals surface area contributed by atoms with Crippen LogP contribution in [0, 0.1) is 13.8 Å². The number of aromatic nitrogens is 1. The second-order valence-corrected chi connectivity index (χ2v) is 7.18. The molecular weight excluding hydrogens is 319 g/mol. The SMILES string of the molecule is Cc1ccc(NC2=CC(=O)c3[se]c(C)nc3C2=O)cc1. The third kappa shape index (κ3) is 2.26. The zero-order valence-corrected chi connectivity index (χ0v) is 12.8. The van der Waals surface area contributed by atoms with Gasteiger partial charge in [0.1, 0.15) is 0 Å². The van der Waals surface area contributed by atoms with Crippen molar-refractivity contribution >= 4 is 31.8 Å². The van der Waals surface area contributed by atoms with E-state index in [0.29, 0.717) is 15.8 Å². The van der Waals surface area contributed by atoms with E-state index in [-0.39, 0.29) is 26.1 Å². The van der Waals surface area contributed by atoms with E-state index in [1.54, 1.807) is 0 Å². The first kappa shape index (κ1) is 13.0. The zero-order chi connectivity index (χ0) is 14.3. The van der Waals surface area contributed by atoms with Crippen molar-refractivity contribution in [3.8, 4) is 0 Å². The van der Waals surface area contributed by atoms with Crippen molar-refractivity contribution in [1.29, 1.82) is 0 Å². The monoisotopic (exact) mass is 332 g/mol. The van der Waals surface area contributed by atoms with Gasteiger partial charge in [-0.1, -0.05) is 0 Å². The summed E-state index contributed by atoms with van der Waals surface area (Å²) in [5.41, 5.74) is 2.55. The number of carbonyl (C=O) groups is 2. The molecule has 1 aliphatic carbocycles. The summed E-state index contributed by atoms with van der Waals surface area (Å²) in [4.78, 5) is 28.6. The number of carbonyl (C=O) groups excluding carboxylic acids is 2. The molecule has 0 amide bonds. The zero-order valence-electron chi connectivity index (χ0n) is 11.1. The molecule has 20 heavy (non-hydrogen) atoms. The summed E-state index contributed by atoms with van der Waals surface area (Å²) >= 11 is -0.103. The number of aryl methyl sites for hydroxylation is 2. The Morgan fingerprint density at radius 1 is 1.10 bits per heavy atom. The number of nitrogens with one attached hydrogen (secondary N) is 1. The van der Waals surface area contributed by atoms with Gasteiger partial charge < -0.3 is 0 Å². The Morgan fingerprint density at radius 2 is 1.80 bits per heavy atom. The molecule has 1 N–H and O–H groups in total. The molecule has 0 saturated carbocycles. The molecule has 0 unspecified atom stereocenters. The van der Waals surface area contributed by atoms with Crippen LogP contribution in [0.5, 0.6) is 0 Å². The molecule has 0 radical (unpaired) electrons. The number of Topliss-reactive ketones (excluding diaryl/α,β-unsaturated/α-hetero) is 1. The number of fused-ring (bicyclic) bond motifs is 1. The van der Waals surface area contributed by atoms with Crippen LogP contribution in [-0.2, 0) is 0 Å². The van der Waals surface area contributed by atoms with E-state index in [9.17, 15) is 9.59 Å². The summed E-state index contributed by atoms with van der Waals surface area (Å²) in [6.45, 7) is 3.85. The van der Waals surface area contributed by atoms with Crippen molar-refractivity contribution in [2.24, 2.45) is 0 Å². The van der Waals surface area contributed by atoms with E-state index in [1.807, 2.05) is 38.1 Å². The van der Waals surface area contributed by atoms with Crippen LogP contribution >= 0.6 is 0 Å². The fourth-order valence-electron chi connectivity index (χ4n) is 2.02. The quantitative estimate of drug-likeness (QED) is 0.857. The summed E-state index contributed by atoms with van der Waals surface area (Å²) in [5, 5.41) is 3.01. The number of rotatable bonds is 2. The van der Waals surface area contributed by atoms with Crippen molar-refractivity contribution in [1.82, 2.24) is 4.98 Å². The first-order chi connectivity index (χ1) is 9.54. The molecule has 1 heterocycles. The van der Waals surface area contributed by atoms with Crippen molar-refractivity contribution in [3.63, 3.8) is 0 Å². The van der Waals surface area contributed by atoms with Crippen molar-refractivity contribution in [2.75, 3.05) is 5.32 Å². The van der Waals surface area contributed by atoms with E-state index in [1.165, 1.54) is 6.08 Å². The fraction of sp³-hybridized carbons (Fsp3) is 0.133. The average Bonchev–Trinajstić information content (AvgIpc) is 2.81.